The van der Waals surface area contributed by atoms with Gasteiger partial charge in [0.15, 0.2) is 9.84 Å². The maximum atomic E-state index is 12.7. The molecule has 1 amide bonds. The number of carbonyl (C=O) groups is 1. The molecule has 0 radical (unpaired) electrons. The zero-order valence-electron chi connectivity index (χ0n) is 14.1. The molecule has 0 saturated heterocycles. The van der Waals surface area contributed by atoms with Gasteiger partial charge in [-0.2, -0.15) is 0 Å². The van der Waals surface area contributed by atoms with E-state index in [-0.39, 0.29) is 23.3 Å². The zero-order valence-corrected chi connectivity index (χ0v) is 16.5. The maximum Gasteiger partial charge on any atom is 0.228 e. The Morgan fingerprint density at radius 2 is 1.96 bits per heavy atom. The average molecular weight is 414 g/mol. The minimum atomic E-state index is -3.14. The highest BCUT2D eigenvalue weighted by atomic mass is 79.9. The molecule has 1 aliphatic heterocycles. The highest BCUT2D eigenvalue weighted by Gasteiger charge is 2.31. The van der Waals surface area contributed by atoms with E-state index < -0.39 is 9.84 Å². The molecular formula is C18H24BrNO3S. The molecule has 1 fully saturated rings. The van der Waals surface area contributed by atoms with Crippen molar-refractivity contribution < 1.29 is 13.2 Å². The zero-order chi connectivity index (χ0) is 17.3. The van der Waals surface area contributed by atoms with Crippen molar-refractivity contribution in [3.63, 3.8) is 0 Å². The van der Waals surface area contributed by atoms with Crippen LogP contribution in [0, 0.1) is 6.92 Å². The first-order chi connectivity index (χ1) is 11.4. The Morgan fingerprint density at radius 3 is 2.67 bits per heavy atom. The number of hydrogen-bond donors (Lipinski definition) is 0. The van der Waals surface area contributed by atoms with E-state index in [1.165, 1.54) is 5.56 Å². The minimum absolute atomic E-state index is 0.0160. The molecule has 0 N–H and O–H groups in total. The first-order valence-corrected chi connectivity index (χ1v) is 11.2. The largest absolute Gasteiger partial charge is 0.312 e. The quantitative estimate of drug-likeness (QED) is 0.754. The molecule has 3 rings (SSSR count). The summed E-state index contributed by atoms with van der Waals surface area (Å²) >= 11 is 3.51. The summed E-state index contributed by atoms with van der Waals surface area (Å²) in [6, 6.07) is 4.08. The summed E-state index contributed by atoms with van der Waals surface area (Å²) in [5, 5.41) is -0.225. The van der Waals surface area contributed by atoms with Crippen molar-refractivity contribution in [3.8, 4) is 0 Å². The molecule has 1 aromatic rings. The van der Waals surface area contributed by atoms with Gasteiger partial charge in [0.25, 0.3) is 0 Å². The molecule has 0 bridgehead atoms. The molecule has 2 aliphatic rings. The van der Waals surface area contributed by atoms with Crippen molar-refractivity contribution in [1.29, 1.82) is 0 Å². The van der Waals surface area contributed by atoms with Crippen LogP contribution in [-0.4, -0.2) is 31.9 Å². The number of halogens is 1. The van der Waals surface area contributed by atoms with Crippen molar-refractivity contribution in [1.82, 2.24) is 0 Å². The van der Waals surface area contributed by atoms with Crippen LogP contribution in [0.4, 0.5) is 5.69 Å². The topological polar surface area (TPSA) is 54.5 Å². The lowest BCUT2D eigenvalue weighted by Gasteiger charge is -2.31. The number of benzene rings is 1. The van der Waals surface area contributed by atoms with Gasteiger partial charge in [0.05, 0.1) is 11.0 Å². The Labute approximate surface area is 152 Å². The fourth-order valence-electron chi connectivity index (χ4n) is 3.95. The second kappa shape index (κ2) is 7.16. The molecule has 0 aromatic heterocycles. The van der Waals surface area contributed by atoms with Crippen LogP contribution in [0.15, 0.2) is 16.6 Å². The minimum Gasteiger partial charge on any atom is -0.312 e. The lowest BCUT2D eigenvalue weighted by molar-refractivity contribution is -0.118. The van der Waals surface area contributed by atoms with Crippen molar-refractivity contribution in [2.45, 2.75) is 57.1 Å². The Morgan fingerprint density at radius 1 is 1.25 bits per heavy atom. The number of aryl methyl sites for hydroxylation is 2. The molecule has 1 saturated carbocycles. The van der Waals surface area contributed by atoms with Gasteiger partial charge >= 0.3 is 0 Å². The van der Waals surface area contributed by atoms with E-state index in [1.54, 1.807) is 4.90 Å². The van der Waals surface area contributed by atoms with Crippen LogP contribution >= 0.6 is 15.9 Å². The molecule has 1 aliphatic carbocycles. The Bertz CT molecular complexity index is 739. The molecule has 1 heterocycles. The van der Waals surface area contributed by atoms with E-state index in [1.807, 2.05) is 13.0 Å². The van der Waals surface area contributed by atoms with Crippen LogP contribution in [0.2, 0.25) is 0 Å². The van der Waals surface area contributed by atoms with Gasteiger partial charge < -0.3 is 4.90 Å². The van der Waals surface area contributed by atoms with Crippen molar-refractivity contribution in [2.75, 3.05) is 17.2 Å². The van der Waals surface area contributed by atoms with Crippen molar-refractivity contribution in [2.24, 2.45) is 0 Å². The van der Waals surface area contributed by atoms with Gasteiger partial charge in [-0.1, -0.05) is 28.8 Å². The number of carbonyl (C=O) groups excluding carboxylic acids is 1. The van der Waals surface area contributed by atoms with Crippen LogP contribution in [0.3, 0.4) is 0 Å². The van der Waals surface area contributed by atoms with Crippen molar-refractivity contribution in [3.05, 3.63) is 27.7 Å². The summed E-state index contributed by atoms with van der Waals surface area (Å²) in [6.07, 6.45) is 5.47. The average Bonchev–Trinajstić information content (AvgIpc) is 3.07. The number of amides is 1. The third-order valence-electron chi connectivity index (χ3n) is 5.15. The van der Waals surface area contributed by atoms with E-state index >= 15 is 0 Å². The number of sulfone groups is 1. The summed E-state index contributed by atoms with van der Waals surface area (Å²) in [5.41, 5.74) is 3.21. The highest BCUT2D eigenvalue weighted by molar-refractivity contribution is 9.10. The molecule has 24 heavy (non-hydrogen) atoms. The van der Waals surface area contributed by atoms with E-state index in [2.05, 4.69) is 22.0 Å². The summed E-state index contributed by atoms with van der Waals surface area (Å²) in [7, 11) is -3.14. The first-order valence-electron chi connectivity index (χ1n) is 8.69. The van der Waals surface area contributed by atoms with E-state index in [9.17, 15) is 13.2 Å². The molecule has 6 heteroatoms. The predicted molar refractivity (Wildman–Crippen MR) is 100 cm³/mol. The lowest BCUT2D eigenvalue weighted by Crippen LogP contribution is -2.37. The van der Waals surface area contributed by atoms with E-state index in [0.717, 1.165) is 54.2 Å². The lowest BCUT2D eigenvalue weighted by atomic mass is 9.98. The van der Waals surface area contributed by atoms with Gasteiger partial charge in [0, 0.05) is 23.1 Å². The van der Waals surface area contributed by atoms with Crippen LogP contribution in [0.1, 0.15) is 49.7 Å². The third-order valence-corrected chi connectivity index (χ3v) is 7.87. The van der Waals surface area contributed by atoms with Gasteiger partial charge in [-0.05, 0) is 55.9 Å². The second-order valence-electron chi connectivity index (χ2n) is 6.90. The molecular weight excluding hydrogens is 390 g/mol. The normalized spacial score (nSPS) is 18.7. The molecule has 0 unspecified atom stereocenters. The molecule has 132 valence electrons. The van der Waals surface area contributed by atoms with Gasteiger partial charge in [0.2, 0.25) is 5.91 Å². The Kier molecular flexibility index (Phi) is 5.35. The van der Waals surface area contributed by atoms with Crippen LogP contribution < -0.4 is 4.90 Å². The molecule has 4 nitrogen and oxygen atoms in total. The summed E-state index contributed by atoms with van der Waals surface area (Å²) in [4.78, 5) is 14.5. The molecule has 0 atom stereocenters. The fourth-order valence-corrected chi connectivity index (χ4v) is 6.41. The van der Waals surface area contributed by atoms with Crippen LogP contribution in [0.25, 0.3) is 0 Å². The monoisotopic (exact) mass is 413 g/mol. The molecule has 0 spiro atoms. The first kappa shape index (κ1) is 17.9. The fraction of sp³-hybridized carbons (Fsp3) is 0.611. The highest BCUT2D eigenvalue weighted by Crippen LogP contribution is 2.34. The third kappa shape index (κ3) is 3.69. The number of nitrogens with zero attached hydrogens (tertiary/aromatic N) is 1. The Hall–Kier alpha value is -0.880. The summed E-state index contributed by atoms with van der Waals surface area (Å²) in [5.74, 6) is -0.0827. The number of hydrogen-bond acceptors (Lipinski definition) is 3. The smallest absolute Gasteiger partial charge is 0.228 e. The standard InChI is InChI=1S/C18H24BrNO3S/c1-13-11-15(19)12-14-5-4-9-20(18(13)14)17(21)8-10-24(22,23)16-6-2-3-7-16/h11-12,16H,2-10H2,1H3. The van der Waals surface area contributed by atoms with Crippen LogP contribution in [0.5, 0.6) is 0 Å². The summed E-state index contributed by atoms with van der Waals surface area (Å²) in [6.45, 7) is 2.68. The van der Waals surface area contributed by atoms with Gasteiger partial charge in [-0.15, -0.1) is 0 Å². The predicted octanol–water partition coefficient (Wildman–Crippen LogP) is 3.78. The number of fused-ring (bicyclic) bond motifs is 1. The van der Waals surface area contributed by atoms with Crippen LogP contribution in [-0.2, 0) is 21.1 Å². The van der Waals surface area contributed by atoms with Gasteiger partial charge in [-0.25, -0.2) is 8.42 Å². The van der Waals surface area contributed by atoms with Crippen molar-refractivity contribution >= 4 is 37.4 Å². The molecule has 1 aromatic carbocycles. The van der Waals surface area contributed by atoms with E-state index in [4.69, 9.17) is 0 Å². The number of anilines is 1. The Balaban J connectivity index is 1.73. The van der Waals surface area contributed by atoms with Gasteiger partial charge in [-0.3, -0.25) is 4.79 Å². The number of rotatable bonds is 4. The van der Waals surface area contributed by atoms with E-state index in [0.29, 0.717) is 6.54 Å². The second-order valence-corrected chi connectivity index (χ2v) is 10.2. The maximum absolute atomic E-state index is 12.7. The van der Waals surface area contributed by atoms with Gasteiger partial charge in [0.1, 0.15) is 0 Å². The SMILES string of the molecule is Cc1cc(Br)cc2c1N(C(=O)CCS(=O)(=O)C1CCCC1)CCC2. The summed E-state index contributed by atoms with van der Waals surface area (Å²) < 4.78 is 25.8.